The number of fused-ring (bicyclic) bond motifs is 2. The number of piperidine rings is 1. The van der Waals surface area contributed by atoms with Gasteiger partial charge in [0.25, 0.3) is 5.91 Å². The van der Waals surface area contributed by atoms with Gasteiger partial charge in [-0.1, -0.05) is 65.3 Å². The molecule has 3 aromatic carbocycles. The zero-order chi connectivity index (χ0) is 35.6. The first-order valence-corrected chi connectivity index (χ1v) is 21.2. The van der Waals surface area contributed by atoms with Crippen molar-refractivity contribution in [2.45, 2.75) is 69.6 Å². The number of aliphatic hydroxyl groups excluding tert-OH is 1. The van der Waals surface area contributed by atoms with Crippen LogP contribution in [0.25, 0.3) is 0 Å². The van der Waals surface area contributed by atoms with Gasteiger partial charge in [-0.2, -0.15) is 0 Å². The molecule has 3 aliphatic rings. The largest absolute Gasteiger partial charge is 0.395 e. The molecule has 266 valence electrons. The van der Waals surface area contributed by atoms with E-state index in [9.17, 15) is 19.5 Å². The zero-order valence-corrected chi connectivity index (χ0v) is 31.4. The second kappa shape index (κ2) is 15.0. The van der Waals surface area contributed by atoms with Crippen LogP contribution in [0.5, 0.6) is 0 Å². The minimum Gasteiger partial charge on any atom is -0.395 e. The van der Waals surface area contributed by atoms with Crippen LogP contribution in [0.15, 0.2) is 77.3 Å². The lowest BCUT2D eigenvalue weighted by Gasteiger charge is -2.31. The Kier molecular flexibility index (Phi) is 10.9. The Morgan fingerprint density at radius 2 is 1.86 bits per heavy atom. The molecule has 1 unspecified atom stereocenters. The number of carbonyl (C=O) groups excluding carboxylic acids is 3. The molecule has 3 heterocycles. The number of nitrogens with one attached hydrogen (secondary N) is 2. The molecule has 0 radical (unpaired) electrons. The van der Waals surface area contributed by atoms with Crippen molar-refractivity contribution in [2.75, 3.05) is 36.5 Å². The highest BCUT2D eigenvalue weighted by Gasteiger charge is 2.67. The molecule has 5 atom stereocenters. The fourth-order valence-corrected chi connectivity index (χ4v) is 10.9. The average Bonchev–Trinajstić information content (AvgIpc) is 3.52. The standard InChI is InChI=1S/C38H46BrFN4O5Si/c1-25-35(50(2,3)40)33(21-34(46)43(18-19-45)23-26-8-5-4-6-9-26)49-38(25)31-20-29(39)13-16-32(31)44(37(38)48)24-27-11-14-30(15-12-27)42-36(47)28-10-7-17-41-22-28/h4-6,8-9,11-16,20,25,28,33,35,41,45H,7,10,17-19,21-24H2,1-3H3,(H,42,47)/t25-,28?,33+,35-,38+/m0/s1. The van der Waals surface area contributed by atoms with E-state index in [0.717, 1.165) is 35.0 Å². The molecule has 2 fully saturated rings. The lowest BCUT2D eigenvalue weighted by Crippen LogP contribution is -2.45. The van der Waals surface area contributed by atoms with Gasteiger partial charge in [0.15, 0.2) is 5.60 Å². The quantitative estimate of drug-likeness (QED) is 0.160. The molecule has 0 aliphatic carbocycles. The summed E-state index contributed by atoms with van der Waals surface area (Å²) in [6, 6.07) is 22.6. The molecule has 0 saturated carbocycles. The lowest BCUT2D eigenvalue weighted by atomic mass is 9.82. The molecule has 6 rings (SSSR count). The molecular formula is C38H46BrFN4O5Si. The van der Waals surface area contributed by atoms with Crippen molar-refractivity contribution >= 4 is 53.4 Å². The number of carbonyl (C=O) groups is 3. The van der Waals surface area contributed by atoms with Gasteiger partial charge in [-0.25, -0.2) is 0 Å². The number of hydrogen-bond donors (Lipinski definition) is 3. The van der Waals surface area contributed by atoms with Crippen LogP contribution in [0.1, 0.15) is 42.9 Å². The first kappa shape index (κ1) is 36.4. The second-order valence-corrected chi connectivity index (χ2v) is 19.0. The van der Waals surface area contributed by atoms with Gasteiger partial charge < -0.3 is 34.4 Å². The minimum atomic E-state index is -3.50. The van der Waals surface area contributed by atoms with Crippen molar-refractivity contribution in [1.82, 2.24) is 10.2 Å². The summed E-state index contributed by atoms with van der Waals surface area (Å²) >= 11 is 3.58. The van der Waals surface area contributed by atoms with Gasteiger partial charge in [-0.3, -0.25) is 14.4 Å². The predicted octanol–water partition coefficient (Wildman–Crippen LogP) is 6.12. The fourth-order valence-electron chi connectivity index (χ4n) is 8.09. The van der Waals surface area contributed by atoms with Crippen molar-refractivity contribution < 1.29 is 28.3 Å². The van der Waals surface area contributed by atoms with Crippen LogP contribution in [0.4, 0.5) is 15.5 Å². The SMILES string of the molecule is C[C@H]1[C@H]([Si](C)(C)F)[C@@H](CC(=O)N(CCO)Cc2ccccc2)O[C@]12C(=O)N(Cc1ccc(NC(=O)C3CCCNC3)cc1)c1ccc(Br)cc12. The Morgan fingerprint density at radius 1 is 1.12 bits per heavy atom. The number of anilines is 2. The third-order valence-electron chi connectivity index (χ3n) is 10.5. The van der Waals surface area contributed by atoms with Crippen LogP contribution in [0.3, 0.4) is 0 Å². The zero-order valence-electron chi connectivity index (χ0n) is 28.8. The van der Waals surface area contributed by atoms with Gasteiger partial charge >= 0.3 is 0 Å². The Labute approximate surface area is 302 Å². The third kappa shape index (κ3) is 7.31. The maximum Gasteiger partial charge on any atom is 0.264 e. The highest BCUT2D eigenvalue weighted by molar-refractivity contribution is 9.10. The van der Waals surface area contributed by atoms with E-state index in [2.05, 4.69) is 26.6 Å². The maximum atomic E-state index is 16.4. The highest BCUT2D eigenvalue weighted by Crippen LogP contribution is 2.60. The summed E-state index contributed by atoms with van der Waals surface area (Å²) in [5.74, 6) is -1.16. The van der Waals surface area contributed by atoms with Crippen molar-refractivity contribution in [3.63, 3.8) is 0 Å². The van der Waals surface area contributed by atoms with E-state index >= 15 is 4.11 Å². The molecule has 2 saturated heterocycles. The normalized spacial score (nSPS) is 24.8. The molecule has 3 aromatic rings. The van der Waals surface area contributed by atoms with Crippen LogP contribution in [0.2, 0.25) is 18.6 Å². The number of hydrogen-bond acceptors (Lipinski definition) is 6. The average molecular weight is 766 g/mol. The molecule has 3 amide bonds. The number of rotatable bonds is 11. The Bertz CT molecular complexity index is 1700. The molecule has 50 heavy (non-hydrogen) atoms. The van der Waals surface area contributed by atoms with Crippen molar-refractivity contribution in [3.8, 4) is 0 Å². The second-order valence-electron chi connectivity index (χ2n) is 14.3. The van der Waals surface area contributed by atoms with Gasteiger partial charge in [-0.05, 0) is 73.9 Å². The molecule has 12 heteroatoms. The topological polar surface area (TPSA) is 111 Å². The smallest absolute Gasteiger partial charge is 0.264 e. The van der Waals surface area contributed by atoms with Crippen molar-refractivity contribution in [1.29, 1.82) is 0 Å². The summed E-state index contributed by atoms with van der Waals surface area (Å²) in [7, 11) is -3.50. The van der Waals surface area contributed by atoms with Crippen molar-refractivity contribution in [3.05, 3.63) is 94.0 Å². The number of benzene rings is 3. The van der Waals surface area contributed by atoms with Crippen LogP contribution >= 0.6 is 15.9 Å². The number of amides is 3. The number of aliphatic hydroxyl groups is 1. The first-order valence-electron chi connectivity index (χ1n) is 17.4. The lowest BCUT2D eigenvalue weighted by molar-refractivity contribution is -0.150. The van der Waals surface area contributed by atoms with Gasteiger partial charge in [-0.15, -0.1) is 0 Å². The molecular weight excluding hydrogens is 719 g/mol. The van der Waals surface area contributed by atoms with E-state index in [0.29, 0.717) is 30.0 Å². The van der Waals surface area contributed by atoms with Gasteiger partial charge in [0.2, 0.25) is 20.2 Å². The summed E-state index contributed by atoms with van der Waals surface area (Å²) in [5, 5.41) is 16.1. The molecule has 9 nitrogen and oxygen atoms in total. The van der Waals surface area contributed by atoms with Gasteiger partial charge in [0.05, 0.1) is 37.3 Å². The Morgan fingerprint density at radius 3 is 2.52 bits per heavy atom. The van der Waals surface area contributed by atoms with Gasteiger partial charge in [0.1, 0.15) is 0 Å². The predicted molar refractivity (Wildman–Crippen MR) is 198 cm³/mol. The number of nitrogens with zero attached hydrogens (tertiary/aromatic N) is 2. The first-order chi connectivity index (χ1) is 23.9. The molecule has 0 aromatic heterocycles. The molecule has 0 bridgehead atoms. The summed E-state index contributed by atoms with van der Waals surface area (Å²) in [4.78, 5) is 44.7. The fraction of sp³-hybridized carbons (Fsp3) is 0.447. The van der Waals surface area contributed by atoms with Crippen LogP contribution < -0.4 is 15.5 Å². The Hall–Kier alpha value is -3.42. The van der Waals surface area contributed by atoms with E-state index < -0.39 is 31.6 Å². The van der Waals surface area contributed by atoms with E-state index in [1.165, 1.54) is 0 Å². The number of ether oxygens (including phenoxy) is 1. The molecule has 3 N–H and O–H groups in total. The summed E-state index contributed by atoms with van der Waals surface area (Å²) in [6.07, 6.45) is 0.893. The summed E-state index contributed by atoms with van der Waals surface area (Å²) in [5.41, 5.74) is 1.69. The highest BCUT2D eigenvalue weighted by atomic mass is 79.9. The monoisotopic (exact) mass is 764 g/mol. The van der Waals surface area contributed by atoms with Crippen molar-refractivity contribution in [2.24, 2.45) is 11.8 Å². The van der Waals surface area contributed by atoms with Gasteiger partial charge in [0, 0.05) is 46.8 Å². The van der Waals surface area contributed by atoms with E-state index in [1.807, 2.05) is 79.7 Å². The summed E-state index contributed by atoms with van der Waals surface area (Å²) in [6.45, 7) is 7.19. The van der Waals surface area contributed by atoms with E-state index in [4.69, 9.17) is 4.74 Å². The molecule has 1 spiro atoms. The summed E-state index contributed by atoms with van der Waals surface area (Å²) < 4.78 is 24.0. The van der Waals surface area contributed by atoms with Crippen LogP contribution in [0, 0.1) is 11.8 Å². The maximum absolute atomic E-state index is 16.4. The minimum absolute atomic E-state index is 0.00467. The Balaban J connectivity index is 1.26. The number of halogens is 2. The van der Waals surface area contributed by atoms with Crippen LogP contribution in [-0.4, -0.2) is 68.5 Å². The third-order valence-corrected chi connectivity index (χ3v) is 13.4. The van der Waals surface area contributed by atoms with E-state index in [1.54, 1.807) is 22.9 Å². The van der Waals surface area contributed by atoms with E-state index in [-0.39, 0.29) is 49.8 Å². The molecule has 3 aliphatic heterocycles. The van der Waals surface area contributed by atoms with Crippen LogP contribution in [-0.2, 0) is 37.8 Å².